The zero-order chi connectivity index (χ0) is 25.2. The van der Waals surface area contributed by atoms with E-state index in [1.54, 1.807) is 24.4 Å². The van der Waals surface area contributed by atoms with Crippen LogP contribution in [0, 0.1) is 11.7 Å². The van der Waals surface area contributed by atoms with Crippen molar-refractivity contribution in [2.45, 2.75) is 44.4 Å². The molecular formula is C29H29FN4O2. The van der Waals surface area contributed by atoms with E-state index in [1.165, 1.54) is 18.7 Å². The van der Waals surface area contributed by atoms with Gasteiger partial charge in [-0.1, -0.05) is 13.0 Å². The molecule has 1 fully saturated rings. The Hall–Kier alpha value is -3.87. The summed E-state index contributed by atoms with van der Waals surface area (Å²) in [5.74, 6) is 0.237. The molecule has 4 aromatic rings. The summed E-state index contributed by atoms with van der Waals surface area (Å²) in [4.78, 5) is 25.2. The highest BCUT2D eigenvalue weighted by Crippen LogP contribution is 2.44. The minimum atomic E-state index is -0.428. The third-order valence-electron chi connectivity index (χ3n) is 7.58. The van der Waals surface area contributed by atoms with Gasteiger partial charge in [-0.25, -0.2) is 9.37 Å². The minimum absolute atomic E-state index is 0.142. The van der Waals surface area contributed by atoms with Crippen LogP contribution in [0.25, 0.3) is 22.2 Å². The Balaban J connectivity index is 1.39. The summed E-state index contributed by atoms with van der Waals surface area (Å²) in [6, 6.07) is 14.6. The number of aromatic nitrogens is 3. The number of rotatable bonds is 6. The fourth-order valence-electron chi connectivity index (χ4n) is 5.60. The smallest absolute Gasteiger partial charge is 0.316 e. The van der Waals surface area contributed by atoms with Crippen LogP contribution in [0.5, 0.6) is 6.01 Å². The van der Waals surface area contributed by atoms with Gasteiger partial charge < -0.3 is 10.5 Å². The first-order valence-electron chi connectivity index (χ1n) is 12.3. The molecule has 0 spiro atoms. The molecule has 1 aliphatic carbocycles. The van der Waals surface area contributed by atoms with Crippen LogP contribution in [0.2, 0.25) is 0 Å². The maximum Gasteiger partial charge on any atom is 0.316 e. The lowest BCUT2D eigenvalue weighted by Crippen LogP contribution is -2.22. The van der Waals surface area contributed by atoms with E-state index in [9.17, 15) is 9.18 Å². The summed E-state index contributed by atoms with van der Waals surface area (Å²) in [5, 5.41) is 0.901. The van der Waals surface area contributed by atoms with Gasteiger partial charge in [-0.3, -0.25) is 9.78 Å². The first kappa shape index (κ1) is 23.9. The molecule has 0 aliphatic heterocycles. The van der Waals surface area contributed by atoms with Crippen molar-refractivity contribution in [3.8, 4) is 17.3 Å². The van der Waals surface area contributed by atoms with Crippen molar-refractivity contribution in [2.24, 2.45) is 11.7 Å². The first-order chi connectivity index (χ1) is 17.4. The van der Waals surface area contributed by atoms with Crippen LogP contribution in [0.3, 0.4) is 0 Å². The summed E-state index contributed by atoms with van der Waals surface area (Å²) >= 11 is 0. The number of hydrogen-bond donors (Lipinski definition) is 1. The lowest BCUT2D eigenvalue weighted by atomic mass is 9.71. The molecule has 1 saturated carbocycles. The zero-order valence-corrected chi connectivity index (χ0v) is 20.4. The van der Waals surface area contributed by atoms with Gasteiger partial charge in [0.15, 0.2) is 0 Å². The number of methoxy groups -OCH3 is 1. The number of halogens is 1. The summed E-state index contributed by atoms with van der Waals surface area (Å²) in [7, 11) is 1.53. The number of amides is 1. The number of carbonyl (C=O) groups excluding carboxylic acids is 1. The minimum Gasteiger partial charge on any atom is -0.467 e. The Morgan fingerprint density at radius 2 is 1.81 bits per heavy atom. The maximum atomic E-state index is 14.0. The molecule has 0 unspecified atom stereocenters. The van der Waals surface area contributed by atoms with Gasteiger partial charge in [0.2, 0.25) is 5.91 Å². The van der Waals surface area contributed by atoms with E-state index in [0.29, 0.717) is 23.4 Å². The third-order valence-corrected chi connectivity index (χ3v) is 7.58. The average molecular weight is 485 g/mol. The largest absolute Gasteiger partial charge is 0.467 e. The molecule has 0 radical (unpaired) electrons. The second-order valence-electron chi connectivity index (χ2n) is 9.56. The molecule has 1 atom stereocenters. The number of benzene rings is 2. The molecule has 2 heterocycles. The van der Waals surface area contributed by atoms with Crippen LogP contribution in [0.1, 0.15) is 65.9 Å². The quantitative estimate of drug-likeness (QED) is 0.362. The molecule has 5 rings (SSSR count). The predicted octanol–water partition coefficient (Wildman–Crippen LogP) is 6.02. The van der Waals surface area contributed by atoms with Crippen LogP contribution < -0.4 is 10.5 Å². The van der Waals surface area contributed by atoms with E-state index in [1.807, 2.05) is 30.5 Å². The highest BCUT2D eigenvalue weighted by atomic mass is 19.1. The van der Waals surface area contributed by atoms with E-state index in [4.69, 9.17) is 10.5 Å². The first-order valence-corrected chi connectivity index (χ1v) is 12.3. The lowest BCUT2D eigenvalue weighted by Gasteiger charge is -2.34. The number of primary amides is 1. The SMILES string of the molecule is COc1nccc(-c2ccc(C(N)=O)c([C@H](C)C3CCC(c4ccnc5ccc(F)cc45)CC3)c2)n1. The van der Waals surface area contributed by atoms with Crippen LogP contribution in [-0.2, 0) is 0 Å². The van der Waals surface area contributed by atoms with Gasteiger partial charge in [-0.05, 0) is 97.0 Å². The standard InChI is InChI=1S/C29H29FN4O2/c1-17(24-15-20(7-9-23(24)28(31)35)26-12-14-33-29(34-26)36-2)18-3-5-19(6-4-18)22-11-13-32-27-10-8-21(30)16-25(22)27/h7-19H,3-6H2,1-2H3,(H2,31,35)/t17-,18?,19?/m1/s1. The Morgan fingerprint density at radius 3 is 2.56 bits per heavy atom. The van der Waals surface area contributed by atoms with E-state index in [2.05, 4.69) is 21.9 Å². The van der Waals surface area contributed by atoms with Crippen molar-refractivity contribution >= 4 is 16.8 Å². The monoisotopic (exact) mass is 484 g/mol. The molecule has 7 heteroatoms. The van der Waals surface area contributed by atoms with Crippen LogP contribution in [-0.4, -0.2) is 28.0 Å². The lowest BCUT2D eigenvalue weighted by molar-refractivity contribution is 0.0998. The molecule has 1 amide bonds. The topological polar surface area (TPSA) is 91.0 Å². The van der Waals surface area contributed by atoms with Gasteiger partial charge in [0.25, 0.3) is 0 Å². The maximum absolute atomic E-state index is 14.0. The van der Waals surface area contributed by atoms with E-state index in [0.717, 1.165) is 53.4 Å². The molecule has 2 N–H and O–H groups in total. The van der Waals surface area contributed by atoms with E-state index < -0.39 is 5.91 Å². The Morgan fingerprint density at radius 1 is 1.03 bits per heavy atom. The molecule has 184 valence electrons. The molecule has 0 bridgehead atoms. The van der Waals surface area contributed by atoms with Gasteiger partial charge in [0.05, 0.1) is 18.3 Å². The van der Waals surface area contributed by atoms with E-state index in [-0.39, 0.29) is 11.7 Å². The number of fused-ring (bicyclic) bond motifs is 1. The van der Waals surface area contributed by atoms with Gasteiger partial charge in [-0.15, -0.1) is 0 Å². The third kappa shape index (κ3) is 4.65. The number of ether oxygens (including phenoxy) is 1. The highest BCUT2D eigenvalue weighted by molar-refractivity contribution is 5.95. The second-order valence-corrected chi connectivity index (χ2v) is 9.56. The van der Waals surface area contributed by atoms with Crippen molar-refractivity contribution in [1.82, 2.24) is 15.0 Å². The number of hydrogen-bond acceptors (Lipinski definition) is 5. The van der Waals surface area contributed by atoms with Gasteiger partial charge in [0, 0.05) is 28.9 Å². The van der Waals surface area contributed by atoms with Crippen LogP contribution in [0.4, 0.5) is 4.39 Å². The normalized spacial score (nSPS) is 18.6. The van der Waals surface area contributed by atoms with Gasteiger partial charge in [0.1, 0.15) is 5.82 Å². The molecule has 36 heavy (non-hydrogen) atoms. The van der Waals surface area contributed by atoms with Gasteiger partial charge >= 0.3 is 6.01 Å². The zero-order valence-electron chi connectivity index (χ0n) is 20.4. The van der Waals surface area contributed by atoms with Crippen molar-refractivity contribution in [1.29, 1.82) is 0 Å². The van der Waals surface area contributed by atoms with E-state index >= 15 is 0 Å². The fraction of sp³-hybridized carbons (Fsp3) is 0.310. The highest BCUT2D eigenvalue weighted by Gasteiger charge is 2.29. The average Bonchev–Trinajstić information content (AvgIpc) is 2.92. The number of nitrogens with zero attached hydrogens (tertiary/aromatic N) is 3. The molecule has 0 saturated heterocycles. The fourth-order valence-corrected chi connectivity index (χ4v) is 5.60. The number of carbonyl (C=O) groups is 1. The summed E-state index contributed by atoms with van der Waals surface area (Å²) in [6.45, 7) is 2.17. The van der Waals surface area contributed by atoms with Crippen molar-refractivity contribution in [3.63, 3.8) is 0 Å². The molecule has 2 aromatic heterocycles. The Bertz CT molecular complexity index is 1420. The number of pyridine rings is 1. The Labute approximate surface area is 209 Å². The van der Waals surface area contributed by atoms with Crippen molar-refractivity contribution in [3.05, 3.63) is 83.4 Å². The number of nitrogens with two attached hydrogens (primary N) is 1. The summed E-state index contributed by atoms with van der Waals surface area (Å²) < 4.78 is 19.1. The summed E-state index contributed by atoms with van der Waals surface area (Å²) in [5.41, 5.74) is 10.9. The summed E-state index contributed by atoms with van der Waals surface area (Å²) in [6.07, 6.45) is 7.49. The van der Waals surface area contributed by atoms with Gasteiger partial charge in [-0.2, -0.15) is 4.98 Å². The van der Waals surface area contributed by atoms with Crippen LogP contribution in [0.15, 0.2) is 60.9 Å². The molecule has 2 aromatic carbocycles. The Kier molecular flexibility index (Phi) is 6.63. The predicted molar refractivity (Wildman–Crippen MR) is 137 cm³/mol. The second kappa shape index (κ2) is 10.0. The molecule has 1 aliphatic rings. The molecular weight excluding hydrogens is 455 g/mol. The van der Waals surface area contributed by atoms with Crippen molar-refractivity contribution in [2.75, 3.05) is 7.11 Å². The van der Waals surface area contributed by atoms with Crippen molar-refractivity contribution < 1.29 is 13.9 Å². The van der Waals surface area contributed by atoms with Crippen LogP contribution >= 0.6 is 0 Å². The molecule has 6 nitrogen and oxygen atoms in total.